The van der Waals surface area contributed by atoms with Gasteiger partial charge in [-0.2, -0.15) is 24.9 Å². The molecule has 0 aromatic carbocycles. The van der Waals surface area contributed by atoms with Gasteiger partial charge >= 0.3 is 58.9 Å². The molecule has 0 bridgehead atoms. The summed E-state index contributed by atoms with van der Waals surface area (Å²) < 4.78 is 40.8. The summed E-state index contributed by atoms with van der Waals surface area (Å²) in [5, 5.41) is 16.6. The third-order valence-electron chi connectivity index (χ3n) is 4.75. The molecule has 0 saturated heterocycles. The van der Waals surface area contributed by atoms with Gasteiger partial charge in [-0.15, -0.1) is 5.10 Å². The molecule has 4 rings (SSSR count). The van der Waals surface area contributed by atoms with Crippen LogP contribution >= 0.6 is 15.9 Å². The molecule has 0 spiro atoms. The van der Waals surface area contributed by atoms with Gasteiger partial charge in [0.2, 0.25) is 0 Å². The van der Waals surface area contributed by atoms with Gasteiger partial charge in [0.15, 0.2) is 13.5 Å². The summed E-state index contributed by atoms with van der Waals surface area (Å²) in [5.74, 6) is 0.677. The molecule has 2 aromatic heterocycles. The molecule has 2 aliphatic rings. The summed E-state index contributed by atoms with van der Waals surface area (Å²) >= 11 is 3.23. The first kappa shape index (κ1) is 38.6. The second kappa shape index (κ2) is 20.5. The summed E-state index contributed by atoms with van der Waals surface area (Å²) in [7, 11) is -5.61. The van der Waals surface area contributed by atoms with Crippen LogP contribution in [0.1, 0.15) is 37.3 Å². The minimum atomic E-state index is -3.67. The van der Waals surface area contributed by atoms with E-state index < -0.39 is 23.7 Å². The fraction of sp³-hybridized carbons (Fsp3) is 0.773. The quantitative estimate of drug-likeness (QED) is 0.207. The van der Waals surface area contributed by atoms with Gasteiger partial charge in [0.1, 0.15) is 4.60 Å². The molecule has 0 unspecified atom stereocenters. The summed E-state index contributed by atoms with van der Waals surface area (Å²) in [6.45, 7) is 16.6. The molecular formula is C22H42BBrF3KN6O2Si2. The van der Waals surface area contributed by atoms with Crippen LogP contribution in [0.25, 0.3) is 0 Å². The van der Waals surface area contributed by atoms with Crippen molar-refractivity contribution in [2.45, 2.75) is 96.4 Å². The molecule has 212 valence electrons. The van der Waals surface area contributed by atoms with E-state index in [1.165, 1.54) is 42.6 Å². The van der Waals surface area contributed by atoms with Crippen molar-refractivity contribution in [1.29, 1.82) is 0 Å². The first-order valence-electron chi connectivity index (χ1n) is 12.6. The van der Waals surface area contributed by atoms with E-state index in [9.17, 15) is 12.9 Å². The number of rotatable bonds is 11. The largest absolute Gasteiger partial charge is 1.00 e. The van der Waals surface area contributed by atoms with Crippen LogP contribution in [0, 0.1) is 6.42 Å². The van der Waals surface area contributed by atoms with Crippen LogP contribution in [0.5, 0.6) is 0 Å². The molecule has 0 aliphatic heterocycles. The first-order valence-corrected chi connectivity index (χ1v) is 20.8. The van der Waals surface area contributed by atoms with Gasteiger partial charge in [0.25, 0.3) is 0 Å². The molecule has 2 aromatic rings. The van der Waals surface area contributed by atoms with Gasteiger partial charge in [-0.25, -0.2) is 12.8 Å². The standard InChI is InChI=1S/C11H21N3OSi.C8H16BrN3OSi.C3H5.BF3.K/c1-16(2,3)7-6-15-9-14-12-8-11(13-14)10-4-5-10;1-14(2,3)5-4-13-7-12-10-6-8(9)11-12;1-2-3-1;2-1(3)4;/h8,10H,4-7,9H2,1-3H3;6H,4-5,7H2,1-3H3;1H,2-3H2;;/q;;-1;;+1. The maximum Gasteiger partial charge on any atom is 1.00 e. The van der Waals surface area contributed by atoms with E-state index in [0.29, 0.717) is 19.4 Å². The van der Waals surface area contributed by atoms with Crippen LogP contribution in [0.15, 0.2) is 17.0 Å². The molecule has 8 nitrogen and oxygen atoms in total. The molecule has 2 heterocycles. The van der Waals surface area contributed by atoms with Crippen LogP contribution in [0.4, 0.5) is 12.9 Å². The van der Waals surface area contributed by atoms with Crippen LogP contribution in [-0.4, -0.2) is 66.9 Å². The monoisotopic (exact) mass is 664 g/mol. The number of ether oxygens (including phenoxy) is 2. The molecular weight excluding hydrogens is 623 g/mol. The Morgan fingerprint density at radius 1 is 0.895 bits per heavy atom. The molecule has 2 aliphatic carbocycles. The van der Waals surface area contributed by atoms with E-state index in [4.69, 9.17) is 9.47 Å². The molecule has 0 radical (unpaired) electrons. The van der Waals surface area contributed by atoms with Crippen LogP contribution in [-0.2, 0) is 22.9 Å². The Balaban J connectivity index is 0.000000566. The van der Waals surface area contributed by atoms with Gasteiger partial charge in [-0.05, 0) is 40.9 Å². The van der Waals surface area contributed by atoms with E-state index in [1.807, 2.05) is 6.20 Å². The molecule has 0 atom stereocenters. The van der Waals surface area contributed by atoms with Crippen LogP contribution < -0.4 is 51.4 Å². The second-order valence-corrected chi connectivity index (χ2v) is 23.3. The van der Waals surface area contributed by atoms with Crippen molar-refractivity contribution in [2.75, 3.05) is 13.2 Å². The van der Waals surface area contributed by atoms with Crippen molar-refractivity contribution in [1.82, 2.24) is 30.0 Å². The van der Waals surface area contributed by atoms with E-state index in [2.05, 4.69) is 82.0 Å². The van der Waals surface area contributed by atoms with Crippen molar-refractivity contribution in [3.8, 4) is 0 Å². The Bertz CT molecular complexity index is 863. The SMILES string of the molecule is C[Si](C)(C)CCOCn1ncc(Br)n1.C[Si](C)(C)CCOCn1ncc(C2CC2)n1.FB(F)F.[CH-]1CC1.[K+]. The smallest absolute Gasteiger partial charge is 0.358 e. The number of hydrogen-bond donors (Lipinski definition) is 0. The number of nitrogens with zero attached hydrogens (tertiary/aromatic N) is 6. The van der Waals surface area contributed by atoms with Gasteiger partial charge < -0.3 is 15.9 Å². The maximum atomic E-state index is 9.67. The summed E-state index contributed by atoms with van der Waals surface area (Å²) in [4.78, 5) is 3.20. The summed E-state index contributed by atoms with van der Waals surface area (Å²) in [6.07, 6.45) is 11.1. The number of halogens is 4. The molecule has 2 fully saturated rings. The number of hydrogen-bond acceptors (Lipinski definition) is 6. The van der Waals surface area contributed by atoms with Crippen molar-refractivity contribution < 1.29 is 73.8 Å². The zero-order valence-corrected chi connectivity index (χ0v) is 30.7. The fourth-order valence-corrected chi connectivity index (χ4v) is 4.11. The third kappa shape index (κ3) is 25.6. The minimum absolute atomic E-state index is 0. The molecule has 0 N–H and O–H groups in total. The van der Waals surface area contributed by atoms with Crippen molar-refractivity contribution in [2.24, 2.45) is 0 Å². The Hall–Kier alpha value is 0.605. The molecule has 0 amide bonds. The third-order valence-corrected chi connectivity index (χ3v) is 8.52. The minimum Gasteiger partial charge on any atom is -0.358 e. The predicted octanol–water partition coefficient (Wildman–Crippen LogP) is 3.69. The summed E-state index contributed by atoms with van der Waals surface area (Å²) in [5.41, 5.74) is 1.13. The topological polar surface area (TPSA) is 79.9 Å². The Labute approximate surface area is 279 Å². The van der Waals surface area contributed by atoms with E-state index in [1.54, 1.807) is 11.0 Å². The zero-order valence-electron chi connectivity index (χ0n) is 24.0. The molecule has 16 heteroatoms. The van der Waals surface area contributed by atoms with Crippen molar-refractivity contribution >= 4 is 39.6 Å². The van der Waals surface area contributed by atoms with Crippen molar-refractivity contribution in [3.05, 3.63) is 29.1 Å². The average Bonchev–Trinajstić information content (AvgIpc) is 3.71. The Kier molecular flexibility index (Phi) is 20.8. The van der Waals surface area contributed by atoms with Crippen LogP contribution in [0.3, 0.4) is 0 Å². The maximum absolute atomic E-state index is 9.67. The molecule has 2 saturated carbocycles. The van der Waals surface area contributed by atoms with Gasteiger partial charge in [0.05, 0.1) is 18.1 Å². The van der Waals surface area contributed by atoms with Gasteiger partial charge in [0, 0.05) is 35.3 Å². The van der Waals surface area contributed by atoms with Crippen LogP contribution in [0.2, 0.25) is 51.4 Å². The Morgan fingerprint density at radius 3 is 1.66 bits per heavy atom. The second-order valence-electron chi connectivity index (χ2n) is 11.3. The van der Waals surface area contributed by atoms with E-state index in [-0.39, 0.29) is 51.4 Å². The number of aromatic nitrogens is 6. The fourth-order valence-electron chi connectivity index (χ4n) is 2.33. The molecule has 38 heavy (non-hydrogen) atoms. The van der Waals surface area contributed by atoms with Gasteiger partial charge in [-0.3, -0.25) is 12.9 Å². The average molecular weight is 666 g/mol. The van der Waals surface area contributed by atoms with Gasteiger partial charge in [-0.1, -0.05) is 39.3 Å². The van der Waals surface area contributed by atoms with E-state index in [0.717, 1.165) is 23.5 Å². The normalized spacial score (nSPS) is 14.1. The first-order chi connectivity index (χ1) is 17.2. The Morgan fingerprint density at radius 2 is 1.32 bits per heavy atom. The van der Waals surface area contributed by atoms with E-state index >= 15 is 0 Å². The summed E-state index contributed by atoms with van der Waals surface area (Å²) in [6, 6.07) is 2.37. The van der Waals surface area contributed by atoms with Crippen molar-refractivity contribution in [3.63, 3.8) is 0 Å². The predicted molar refractivity (Wildman–Crippen MR) is 151 cm³/mol. The zero-order chi connectivity index (χ0) is 27.9.